The van der Waals surface area contributed by atoms with Gasteiger partial charge in [0.25, 0.3) is 0 Å². The number of hydrogen-bond acceptors (Lipinski definition) is 4. The first kappa shape index (κ1) is 12.3. The average Bonchev–Trinajstić information content (AvgIpc) is 2.30. The van der Waals surface area contributed by atoms with Crippen molar-refractivity contribution in [1.82, 2.24) is 0 Å². The topological polar surface area (TPSA) is 68.3 Å². The summed E-state index contributed by atoms with van der Waals surface area (Å²) in [5.41, 5.74) is 6.71. The highest BCUT2D eigenvalue weighted by molar-refractivity contribution is 5.43. The van der Waals surface area contributed by atoms with Crippen molar-refractivity contribution in [3.8, 4) is 17.6 Å². The van der Waals surface area contributed by atoms with E-state index < -0.39 is 0 Å². The first-order chi connectivity index (χ1) is 7.72. The van der Waals surface area contributed by atoms with Gasteiger partial charge in [0.2, 0.25) is 0 Å². The molecule has 0 aromatic heterocycles. The lowest BCUT2D eigenvalue weighted by Gasteiger charge is -2.13. The van der Waals surface area contributed by atoms with Crippen LogP contribution in [0.4, 0.5) is 0 Å². The Morgan fingerprint density at radius 3 is 2.75 bits per heavy atom. The molecule has 1 unspecified atom stereocenters. The Kier molecular flexibility index (Phi) is 4.62. The molecule has 0 spiro atoms. The van der Waals surface area contributed by atoms with Gasteiger partial charge in [-0.2, -0.15) is 5.26 Å². The first-order valence-electron chi connectivity index (χ1n) is 5.16. The number of rotatable bonds is 5. The van der Waals surface area contributed by atoms with Crippen molar-refractivity contribution < 1.29 is 9.47 Å². The minimum absolute atomic E-state index is 0.283. The fourth-order valence-electron chi connectivity index (χ4n) is 1.41. The van der Waals surface area contributed by atoms with E-state index in [0.717, 1.165) is 5.56 Å². The van der Waals surface area contributed by atoms with Crippen LogP contribution in [-0.2, 0) is 0 Å². The summed E-state index contributed by atoms with van der Waals surface area (Å²) in [6, 6.07) is 7.25. The smallest absolute Gasteiger partial charge is 0.161 e. The van der Waals surface area contributed by atoms with Crippen LogP contribution in [-0.4, -0.2) is 13.7 Å². The van der Waals surface area contributed by atoms with E-state index in [-0.39, 0.29) is 12.5 Å². The molecule has 86 valence electrons. The van der Waals surface area contributed by atoms with E-state index in [2.05, 4.69) is 0 Å². The Balaban J connectivity index is 2.95. The summed E-state index contributed by atoms with van der Waals surface area (Å²) in [6.45, 7) is 2.49. The molecule has 0 fully saturated rings. The van der Waals surface area contributed by atoms with Gasteiger partial charge in [-0.3, -0.25) is 0 Å². The largest absolute Gasteiger partial charge is 0.493 e. The molecule has 1 aromatic rings. The number of hydrogen-bond donors (Lipinski definition) is 1. The molecule has 4 nitrogen and oxygen atoms in total. The molecular weight excluding hydrogens is 204 g/mol. The third kappa shape index (κ3) is 2.88. The third-order valence-electron chi connectivity index (χ3n) is 2.23. The van der Waals surface area contributed by atoms with E-state index in [4.69, 9.17) is 20.5 Å². The predicted octanol–water partition coefficient (Wildman–Crippen LogP) is 2.01. The lowest BCUT2D eigenvalue weighted by molar-refractivity contribution is 0.310. The summed E-state index contributed by atoms with van der Waals surface area (Å²) >= 11 is 0. The second-order valence-corrected chi connectivity index (χ2v) is 3.31. The van der Waals surface area contributed by atoms with Gasteiger partial charge in [-0.1, -0.05) is 6.07 Å². The highest BCUT2D eigenvalue weighted by atomic mass is 16.5. The Bertz CT molecular complexity index is 385. The summed E-state index contributed by atoms with van der Waals surface area (Å²) in [4.78, 5) is 0. The van der Waals surface area contributed by atoms with E-state index in [0.29, 0.717) is 18.1 Å². The molecular formula is C12H16N2O2. The number of methoxy groups -OCH3 is 1. The van der Waals surface area contributed by atoms with Crippen LogP contribution in [0.1, 0.15) is 24.9 Å². The Morgan fingerprint density at radius 2 is 2.19 bits per heavy atom. The lowest BCUT2D eigenvalue weighted by atomic mass is 10.0. The number of nitrogens with zero attached hydrogens (tertiary/aromatic N) is 1. The summed E-state index contributed by atoms with van der Waals surface area (Å²) < 4.78 is 10.6. The van der Waals surface area contributed by atoms with Gasteiger partial charge in [0.15, 0.2) is 11.5 Å². The van der Waals surface area contributed by atoms with E-state index in [1.54, 1.807) is 7.11 Å². The van der Waals surface area contributed by atoms with Gasteiger partial charge in [0, 0.05) is 6.04 Å². The lowest BCUT2D eigenvalue weighted by Crippen LogP contribution is -2.09. The quantitative estimate of drug-likeness (QED) is 0.824. The van der Waals surface area contributed by atoms with E-state index >= 15 is 0 Å². The van der Waals surface area contributed by atoms with Gasteiger partial charge < -0.3 is 15.2 Å². The number of nitriles is 1. The molecule has 0 saturated carbocycles. The number of ether oxygens (including phenoxy) is 2. The van der Waals surface area contributed by atoms with Gasteiger partial charge in [-0.05, 0) is 24.6 Å². The third-order valence-corrected chi connectivity index (χ3v) is 2.23. The van der Waals surface area contributed by atoms with Crippen molar-refractivity contribution in [2.75, 3.05) is 13.7 Å². The SMILES string of the molecule is CCOc1ccc(C(N)CC#N)cc1OC. The zero-order valence-corrected chi connectivity index (χ0v) is 9.56. The van der Waals surface area contributed by atoms with Crippen LogP contribution in [0.15, 0.2) is 18.2 Å². The van der Waals surface area contributed by atoms with E-state index in [1.807, 2.05) is 31.2 Å². The Hall–Kier alpha value is -1.73. The molecule has 0 heterocycles. The van der Waals surface area contributed by atoms with Crippen LogP contribution in [0.25, 0.3) is 0 Å². The molecule has 0 aliphatic carbocycles. The van der Waals surface area contributed by atoms with Gasteiger partial charge >= 0.3 is 0 Å². The van der Waals surface area contributed by atoms with Crippen LogP contribution in [0, 0.1) is 11.3 Å². The maximum atomic E-state index is 8.58. The molecule has 4 heteroatoms. The molecule has 1 aromatic carbocycles. The van der Waals surface area contributed by atoms with E-state index in [9.17, 15) is 0 Å². The fourth-order valence-corrected chi connectivity index (χ4v) is 1.41. The highest BCUT2D eigenvalue weighted by Gasteiger charge is 2.10. The second kappa shape index (κ2) is 5.99. The second-order valence-electron chi connectivity index (χ2n) is 3.31. The van der Waals surface area contributed by atoms with Crippen LogP contribution >= 0.6 is 0 Å². The van der Waals surface area contributed by atoms with Crippen LogP contribution in [0.2, 0.25) is 0 Å². The summed E-state index contributed by atoms with van der Waals surface area (Å²) in [7, 11) is 1.58. The standard InChI is InChI=1S/C12H16N2O2/c1-3-16-11-5-4-9(8-12(11)15-2)10(14)6-7-13/h4-5,8,10H,3,6,14H2,1-2H3. The molecule has 0 amide bonds. The predicted molar refractivity (Wildman–Crippen MR) is 61.3 cm³/mol. The minimum Gasteiger partial charge on any atom is -0.493 e. The number of benzene rings is 1. The van der Waals surface area contributed by atoms with Gasteiger partial charge in [0.05, 0.1) is 26.2 Å². The van der Waals surface area contributed by atoms with Gasteiger partial charge in [-0.25, -0.2) is 0 Å². The molecule has 0 bridgehead atoms. The van der Waals surface area contributed by atoms with Crippen LogP contribution < -0.4 is 15.2 Å². The molecule has 0 radical (unpaired) electrons. The summed E-state index contributed by atoms with van der Waals surface area (Å²) in [5.74, 6) is 1.34. The zero-order chi connectivity index (χ0) is 12.0. The Labute approximate surface area is 95.6 Å². The van der Waals surface area contributed by atoms with Crippen LogP contribution in [0.3, 0.4) is 0 Å². The Morgan fingerprint density at radius 1 is 1.44 bits per heavy atom. The maximum Gasteiger partial charge on any atom is 0.161 e. The van der Waals surface area contributed by atoms with Crippen molar-refractivity contribution in [3.63, 3.8) is 0 Å². The molecule has 2 N–H and O–H groups in total. The van der Waals surface area contributed by atoms with Crippen molar-refractivity contribution in [3.05, 3.63) is 23.8 Å². The molecule has 1 atom stereocenters. The number of nitrogens with two attached hydrogens (primary N) is 1. The van der Waals surface area contributed by atoms with E-state index in [1.165, 1.54) is 0 Å². The normalized spacial score (nSPS) is 11.6. The first-order valence-corrected chi connectivity index (χ1v) is 5.16. The average molecular weight is 220 g/mol. The van der Waals surface area contributed by atoms with Gasteiger partial charge in [-0.15, -0.1) is 0 Å². The van der Waals surface area contributed by atoms with Crippen molar-refractivity contribution >= 4 is 0 Å². The van der Waals surface area contributed by atoms with Crippen molar-refractivity contribution in [1.29, 1.82) is 5.26 Å². The molecule has 0 saturated heterocycles. The fraction of sp³-hybridized carbons (Fsp3) is 0.417. The zero-order valence-electron chi connectivity index (χ0n) is 9.56. The van der Waals surface area contributed by atoms with Crippen LogP contribution in [0.5, 0.6) is 11.5 Å². The van der Waals surface area contributed by atoms with Crippen molar-refractivity contribution in [2.45, 2.75) is 19.4 Å². The monoisotopic (exact) mass is 220 g/mol. The molecule has 0 aliphatic heterocycles. The minimum atomic E-state index is -0.283. The molecule has 0 aliphatic rings. The van der Waals surface area contributed by atoms with Crippen molar-refractivity contribution in [2.24, 2.45) is 5.73 Å². The summed E-state index contributed by atoms with van der Waals surface area (Å²) in [5, 5.41) is 8.58. The molecule has 1 rings (SSSR count). The molecule has 16 heavy (non-hydrogen) atoms. The van der Waals surface area contributed by atoms with Gasteiger partial charge in [0.1, 0.15) is 0 Å². The summed E-state index contributed by atoms with van der Waals surface area (Å²) in [6.07, 6.45) is 0.289. The maximum absolute atomic E-state index is 8.58. The highest BCUT2D eigenvalue weighted by Crippen LogP contribution is 2.30.